The summed E-state index contributed by atoms with van der Waals surface area (Å²) >= 11 is 0. The SMILES string of the molecule is C=NC(=NC)S(C)(O)O. The van der Waals surface area contributed by atoms with Crippen molar-refractivity contribution in [3.63, 3.8) is 0 Å². The van der Waals surface area contributed by atoms with E-state index >= 15 is 0 Å². The van der Waals surface area contributed by atoms with E-state index in [0.717, 1.165) is 0 Å². The molecule has 0 aromatic carbocycles. The van der Waals surface area contributed by atoms with E-state index in [1.165, 1.54) is 13.3 Å². The lowest BCUT2D eigenvalue weighted by Crippen LogP contribution is -2.05. The molecular weight excluding hydrogens is 140 g/mol. The van der Waals surface area contributed by atoms with E-state index in [9.17, 15) is 0 Å². The van der Waals surface area contributed by atoms with E-state index in [1.807, 2.05) is 0 Å². The van der Waals surface area contributed by atoms with Crippen molar-refractivity contribution in [2.75, 3.05) is 13.3 Å². The van der Waals surface area contributed by atoms with Crippen LogP contribution in [0.25, 0.3) is 0 Å². The van der Waals surface area contributed by atoms with Gasteiger partial charge in [0.25, 0.3) is 0 Å². The fourth-order valence-corrected chi connectivity index (χ4v) is 0.956. The molecule has 0 amide bonds. The summed E-state index contributed by atoms with van der Waals surface area (Å²) in [4.78, 5) is 6.82. The van der Waals surface area contributed by atoms with Crippen molar-refractivity contribution in [3.8, 4) is 0 Å². The fraction of sp³-hybridized carbons (Fsp3) is 0.500. The maximum Gasteiger partial charge on any atom is 0.235 e. The van der Waals surface area contributed by atoms with Gasteiger partial charge in [-0.3, -0.25) is 14.1 Å². The van der Waals surface area contributed by atoms with Crippen LogP contribution in [0.5, 0.6) is 0 Å². The first-order valence-corrected chi connectivity index (χ1v) is 4.14. The molecule has 0 saturated heterocycles. The summed E-state index contributed by atoms with van der Waals surface area (Å²) in [6.07, 6.45) is 1.25. The predicted octanol–water partition coefficient (Wildman–Crippen LogP) is 1.05. The van der Waals surface area contributed by atoms with Crippen molar-refractivity contribution in [2.45, 2.75) is 0 Å². The predicted molar refractivity (Wildman–Crippen MR) is 41.7 cm³/mol. The normalized spacial score (nSPS) is 15.3. The summed E-state index contributed by atoms with van der Waals surface area (Å²) in [6.45, 7) is 3.12. The molecule has 5 heteroatoms. The molecule has 0 aliphatic heterocycles. The Morgan fingerprint density at radius 3 is 2.00 bits per heavy atom. The molecule has 2 N–H and O–H groups in total. The van der Waals surface area contributed by atoms with Gasteiger partial charge < -0.3 is 0 Å². The standard InChI is InChI=1S/C4H10N2O2S/c1-5-4(6-2)9(3,7)8/h7-8H,1H2,2-3H3. The smallest absolute Gasteiger partial charge is 0.235 e. The molecule has 54 valence electrons. The summed E-state index contributed by atoms with van der Waals surface area (Å²) < 4.78 is 17.7. The minimum absolute atomic E-state index is 0.00231. The topological polar surface area (TPSA) is 65.2 Å². The Morgan fingerprint density at radius 2 is 2.00 bits per heavy atom. The molecule has 0 unspecified atom stereocenters. The van der Waals surface area contributed by atoms with E-state index < -0.39 is 10.6 Å². The summed E-state index contributed by atoms with van der Waals surface area (Å²) in [6, 6.07) is 0. The Hall–Kier alpha value is -0.390. The average Bonchev–Trinajstić information content (AvgIpc) is 1.65. The molecule has 0 aromatic heterocycles. The van der Waals surface area contributed by atoms with Gasteiger partial charge in [0.2, 0.25) is 5.17 Å². The second-order valence-corrected chi connectivity index (χ2v) is 3.53. The Balaban J connectivity index is 4.32. The first-order chi connectivity index (χ1) is 4.02. The van der Waals surface area contributed by atoms with Gasteiger partial charge in [0.15, 0.2) is 0 Å². The number of rotatable bonds is 0. The van der Waals surface area contributed by atoms with Gasteiger partial charge >= 0.3 is 0 Å². The molecule has 0 radical (unpaired) electrons. The van der Waals surface area contributed by atoms with Crippen molar-refractivity contribution in [1.82, 2.24) is 0 Å². The maximum absolute atomic E-state index is 8.85. The van der Waals surface area contributed by atoms with Gasteiger partial charge in [-0.25, -0.2) is 4.99 Å². The highest BCUT2D eigenvalue weighted by molar-refractivity contribution is 8.36. The monoisotopic (exact) mass is 150 g/mol. The van der Waals surface area contributed by atoms with Crippen LogP contribution in [0.3, 0.4) is 0 Å². The molecule has 0 spiro atoms. The third-order valence-corrected chi connectivity index (χ3v) is 1.68. The molecule has 0 aliphatic carbocycles. The largest absolute Gasteiger partial charge is 0.292 e. The van der Waals surface area contributed by atoms with Crippen molar-refractivity contribution >= 4 is 22.5 Å². The molecule has 0 fully saturated rings. The van der Waals surface area contributed by atoms with Crippen LogP contribution in [0, 0.1) is 0 Å². The van der Waals surface area contributed by atoms with Crippen LogP contribution < -0.4 is 0 Å². The molecule has 4 nitrogen and oxygen atoms in total. The Morgan fingerprint density at radius 1 is 1.56 bits per heavy atom. The van der Waals surface area contributed by atoms with Crippen LogP contribution in [-0.4, -0.2) is 34.3 Å². The first kappa shape index (κ1) is 8.61. The number of hydrogen-bond donors (Lipinski definition) is 2. The van der Waals surface area contributed by atoms with Crippen LogP contribution >= 0.6 is 10.6 Å². The van der Waals surface area contributed by atoms with Crippen molar-refractivity contribution in [1.29, 1.82) is 0 Å². The lowest BCUT2D eigenvalue weighted by molar-refractivity contribution is 0.511. The molecule has 0 bridgehead atoms. The van der Waals surface area contributed by atoms with E-state index in [-0.39, 0.29) is 5.17 Å². The van der Waals surface area contributed by atoms with E-state index in [4.69, 9.17) is 9.11 Å². The number of nitrogens with zero attached hydrogens (tertiary/aromatic N) is 2. The number of hydrogen-bond acceptors (Lipinski definition) is 3. The molecular formula is C4H10N2O2S. The molecule has 0 rings (SSSR count). The van der Waals surface area contributed by atoms with Gasteiger partial charge in [0.05, 0.1) is 0 Å². The fourth-order valence-electron chi connectivity index (χ4n) is 0.366. The van der Waals surface area contributed by atoms with Gasteiger partial charge in [-0.2, -0.15) is 0 Å². The zero-order valence-corrected chi connectivity index (χ0v) is 6.22. The minimum Gasteiger partial charge on any atom is -0.292 e. The quantitative estimate of drug-likeness (QED) is 0.400. The van der Waals surface area contributed by atoms with E-state index in [0.29, 0.717) is 0 Å². The third-order valence-electron chi connectivity index (χ3n) is 0.672. The van der Waals surface area contributed by atoms with Crippen LogP contribution in [0.1, 0.15) is 0 Å². The second-order valence-electron chi connectivity index (χ2n) is 1.50. The van der Waals surface area contributed by atoms with Crippen LogP contribution in [0.4, 0.5) is 0 Å². The van der Waals surface area contributed by atoms with Crippen molar-refractivity contribution < 1.29 is 9.11 Å². The summed E-state index contributed by atoms with van der Waals surface area (Å²) in [5, 5.41) is 0.00231. The zero-order valence-electron chi connectivity index (χ0n) is 5.40. The van der Waals surface area contributed by atoms with Gasteiger partial charge in [-0.15, -0.1) is 10.6 Å². The number of aliphatic imine (C=N–C) groups is 2. The molecule has 0 saturated carbocycles. The van der Waals surface area contributed by atoms with E-state index in [2.05, 4.69) is 16.7 Å². The molecule has 0 heterocycles. The van der Waals surface area contributed by atoms with E-state index in [1.54, 1.807) is 0 Å². The lowest BCUT2D eigenvalue weighted by Gasteiger charge is -2.24. The Bertz CT molecular complexity index is 138. The van der Waals surface area contributed by atoms with Gasteiger partial charge in [0.1, 0.15) is 0 Å². The minimum atomic E-state index is -2.74. The first-order valence-electron chi connectivity index (χ1n) is 2.19. The van der Waals surface area contributed by atoms with Gasteiger partial charge in [-0.1, -0.05) is 0 Å². The highest BCUT2D eigenvalue weighted by Crippen LogP contribution is 2.35. The summed E-state index contributed by atoms with van der Waals surface area (Å²) in [5.41, 5.74) is 0. The van der Waals surface area contributed by atoms with Crippen LogP contribution in [0.15, 0.2) is 9.98 Å². The molecule has 0 aliphatic rings. The average molecular weight is 150 g/mol. The van der Waals surface area contributed by atoms with Crippen molar-refractivity contribution in [3.05, 3.63) is 0 Å². The highest BCUT2D eigenvalue weighted by Gasteiger charge is 2.09. The number of amidine groups is 1. The summed E-state index contributed by atoms with van der Waals surface area (Å²) in [7, 11) is -1.31. The summed E-state index contributed by atoms with van der Waals surface area (Å²) in [5.74, 6) is 0. The van der Waals surface area contributed by atoms with Gasteiger partial charge in [-0.05, 0) is 6.72 Å². The second kappa shape index (κ2) is 2.95. The molecule has 0 atom stereocenters. The lowest BCUT2D eigenvalue weighted by atomic mass is 11.2. The van der Waals surface area contributed by atoms with Gasteiger partial charge in [0, 0.05) is 13.3 Å². The zero-order chi connectivity index (χ0) is 7.49. The molecule has 0 aromatic rings. The highest BCUT2D eigenvalue weighted by atomic mass is 32.3. The van der Waals surface area contributed by atoms with Crippen molar-refractivity contribution in [2.24, 2.45) is 9.98 Å². The van der Waals surface area contributed by atoms with Crippen LogP contribution in [0.2, 0.25) is 0 Å². The third kappa shape index (κ3) is 2.59. The van der Waals surface area contributed by atoms with Crippen LogP contribution in [-0.2, 0) is 0 Å². The Kier molecular flexibility index (Phi) is 2.83. The molecule has 9 heavy (non-hydrogen) atoms. The Labute approximate surface area is 55.7 Å². The maximum atomic E-state index is 8.85.